The Bertz CT molecular complexity index is 438. The summed E-state index contributed by atoms with van der Waals surface area (Å²) in [5.74, 6) is -0.142. The van der Waals surface area contributed by atoms with Crippen LogP contribution in [0.2, 0.25) is 0 Å². The van der Waals surface area contributed by atoms with E-state index < -0.39 is 10.4 Å². The average Bonchev–Trinajstić information content (AvgIpc) is 2.30. The molecule has 1 rings (SSSR count). The van der Waals surface area contributed by atoms with Gasteiger partial charge in [-0.2, -0.15) is 0 Å². The fraction of sp³-hybridized carbons (Fsp3) is 0.333. The van der Waals surface area contributed by atoms with E-state index in [1.165, 1.54) is 7.11 Å². The number of halogens is 1. The zero-order valence-electron chi connectivity index (χ0n) is 10.4. The molecule has 0 aliphatic rings. The number of rotatable bonds is 3. The van der Waals surface area contributed by atoms with Crippen molar-refractivity contribution in [3.05, 3.63) is 24.3 Å². The van der Waals surface area contributed by atoms with Crippen LogP contribution in [-0.4, -0.2) is 23.4 Å². The molecule has 0 aliphatic carbocycles. The highest BCUT2D eigenvalue weighted by molar-refractivity contribution is 9.10. The summed E-state index contributed by atoms with van der Waals surface area (Å²) in [4.78, 5) is 22.7. The molecule has 0 saturated heterocycles. The van der Waals surface area contributed by atoms with Gasteiger partial charge < -0.3 is 10.1 Å². The highest BCUT2D eigenvalue weighted by Crippen LogP contribution is 2.20. The van der Waals surface area contributed by atoms with E-state index in [0.29, 0.717) is 11.4 Å². The molecule has 18 heavy (non-hydrogen) atoms. The number of carbonyl (C=O) groups is 2. The molecule has 2 amide bonds. The maximum absolute atomic E-state index is 11.7. The second kappa shape index (κ2) is 5.86. The summed E-state index contributed by atoms with van der Waals surface area (Å²) in [6, 6.07) is 6.74. The molecule has 6 heteroatoms. The molecule has 0 heterocycles. The highest BCUT2D eigenvalue weighted by Gasteiger charge is 2.23. The van der Waals surface area contributed by atoms with Crippen LogP contribution in [0.25, 0.3) is 0 Å². The van der Waals surface area contributed by atoms with Gasteiger partial charge in [0, 0.05) is 11.4 Å². The predicted molar refractivity (Wildman–Crippen MR) is 74.1 cm³/mol. The van der Waals surface area contributed by atoms with Crippen molar-refractivity contribution in [3.63, 3.8) is 0 Å². The Hall–Kier alpha value is -1.56. The number of methoxy groups -OCH3 is 1. The van der Waals surface area contributed by atoms with E-state index >= 15 is 0 Å². The molecule has 1 aromatic carbocycles. The third-order valence-corrected chi connectivity index (χ3v) is 2.47. The van der Waals surface area contributed by atoms with Crippen molar-refractivity contribution in [1.82, 2.24) is 0 Å². The minimum Gasteiger partial charge on any atom is -0.453 e. The van der Waals surface area contributed by atoms with Crippen LogP contribution in [0.5, 0.6) is 0 Å². The first-order valence-corrected chi connectivity index (χ1v) is 6.07. The SMILES string of the molecule is COC(=O)Nc1ccc(NC(=O)C(C)(C)Br)cc1. The van der Waals surface area contributed by atoms with E-state index in [1.807, 2.05) is 0 Å². The minimum absolute atomic E-state index is 0.142. The van der Waals surface area contributed by atoms with Gasteiger partial charge in [-0.15, -0.1) is 0 Å². The molecule has 0 saturated carbocycles. The Morgan fingerprint density at radius 3 is 1.94 bits per heavy atom. The number of hydrogen-bond acceptors (Lipinski definition) is 3. The van der Waals surface area contributed by atoms with Gasteiger partial charge in [-0.1, -0.05) is 15.9 Å². The second-order valence-corrected chi connectivity index (χ2v) is 6.10. The fourth-order valence-corrected chi connectivity index (χ4v) is 1.18. The molecule has 0 bridgehead atoms. The maximum Gasteiger partial charge on any atom is 0.411 e. The normalized spacial score (nSPS) is 10.7. The lowest BCUT2D eigenvalue weighted by Gasteiger charge is -2.16. The molecule has 0 aromatic heterocycles. The molecule has 0 spiro atoms. The van der Waals surface area contributed by atoms with Gasteiger partial charge in [-0.3, -0.25) is 10.1 Å². The van der Waals surface area contributed by atoms with Crippen LogP contribution >= 0.6 is 15.9 Å². The first-order chi connectivity index (χ1) is 8.32. The van der Waals surface area contributed by atoms with E-state index in [0.717, 1.165) is 0 Å². The van der Waals surface area contributed by atoms with Crippen LogP contribution in [0.1, 0.15) is 13.8 Å². The first kappa shape index (κ1) is 14.5. The zero-order chi connectivity index (χ0) is 13.8. The van der Waals surface area contributed by atoms with Crippen molar-refractivity contribution in [2.75, 3.05) is 17.7 Å². The molecule has 1 aromatic rings. The number of ether oxygens (including phenoxy) is 1. The average molecular weight is 315 g/mol. The second-order valence-electron chi connectivity index (χ2n) is 4.12. The first-order valence-electron chi connectivity index (χ1n) is 5.28. The molecule has 0 unspecified atom stereocenters. The number of amides is 2. The van der Waals surface area contributed by atoms with Crippen LogP contribution in [0.3, 0.4) is 0 Å². The van der Waals surface area contributed by atoms with Gasteiger partial charge in [0.15, 0.2) is 0 Å². The Morgan fingerprint density at radius 2 is 1.56 bits per heavy atom. The molecule has 0 atom stereocenters. The smallest absolute Gasteiger partial charge is 0.411 e. The van der Waals surface area contributed by atoms with Crippen LogP contribution in [0.4, 0.5) is 16.2 Å². The van der Waals surface area contributed by atoms with Gasteiger partial charge >= 0.3 is 6.09 Å². The topological polar surface area (TPSA) is 67.4 Å². The monoisotopic (exact) mass is 314 g/mol. The van der Waals surface area contributed by atoms with Gasteiger partial charge in [0.25, 0.3) is 0 Å². The summed E-state index contributed by atoms with van der Waals surface area (Å²) in [6.45, 7) is 3.52. The van der Waals surface area contributed by atoms with Crippen molar-refractivity contribution in [3.8, 4) is 0 Å². The number of alkyl halides is 1. The summed E-state index contributed by atoms with van der Waals surface area (Å²) >= 11 is 3.27. The van der Waals surface area contributed by atoms with Crippen molar-refractivity contribution in [1.29, 1.82) is 0 Å². The predicted octanol–water partition coefficient (Wildman–Crippen LogP) is 2.98. The largest absolute Gasteiger partial charge is 0.453 e. The van der Waals surface area contributed by atoms with E-state index in [9.17, 15) is 9.59 Å². The summed E-state index contributed by atoms with van der Waals surface area (Å²) in [6.07, 6.45) is -0.534. The van der Waals surface area contributed by atoms with Crippen LogP contribution in [-0.2, 0) is 9.53 Å². The Kier molecular flexibility index (Phi) is 4.72. The van der Waals surface area contributed by atoms with E-state index in [1.54, 1.807) is 38.1 Å². The third kappa shape index (κ3) is 4.37. The Labute approximate surface area is 114 Å². The quantitative estimate of drug-likeness (QED) is 0.843. The van der Waals surface area contributed by atoms with Crippen molar-refractivity contribution in [2.45, 2.75) is 18.2 Å². The van der Waals surface area contributed by atoms with Crippen LogP contribution in [0.15, 0.2) is 24.3 Å². The molecule has 0 fully saturated rings. The summed E-state index contributed by atoms with van der Waals surface area (Å²) in [7, 11) is 1.29. The maximum atomic E-state index is 11.7. The number of benzene rings is 1. The van der Waals surface area contributed by atoms with Crippen LogP contribution < -0.4 is 10.6 Å². The van der Waals surface area contributed by atoms with Gasteiger partial charge in [0.05, 0.1) is 11.4 Å². The zero-order valence-corrected chi connectivity index (χ0v) is 12.0. The molecule has 2 N–H and O–H groups in total. The van der Waals surface area contributed by atoms with Gasteiger partial charge in [-0.25, -0.2) is 4.79 Å². The number of anilines is 2. The van der Waals surface area contributed by atoms with Gasteiger partial charge in [0.1, 0.15) is 0 Å². The standard InChI is InChI=1S/C12H15BrN2O3/c1-12(2,13)10(16)14-8-4-6-9(7-5-8)15-11(17)18-3/h4-7H,1-3H3,(H,14,16)(H,15,17). The van der Waals surface area contributed by atoms with E-state index in [4.69, 9.17) is 0 Å². The molecular weight excluding hydrogens is 300 g/mol. The molecule has 98 valence electrons. The summed E-state index contributed by atoms with van der Waals surface area (Å²) in [5, 5.41) is 5.27. The van der Waals surface area contributed by atoms with Crippen molar-refractivity contribution in [2.24, 2.45) is 0 Å². The van der Waals surface area contributed by atoms with E-state index in [-0.39, 0.29) is 5.91 Å². The lowest BCUT2D eigenvalue weighted by molar-refractivity contribution is -0.117. The lowest BCUT2D eigenvalue weighted by Crippen LogP contribution is -2.30. The third-order valence-electron chi connectivity index (χ3n) is 2.11. The Morgan fingerprint density at radius 1 is 1.11 bits per heavy atom. The van der Waals surface area contributed by atoms with Crippen molar-refractivity contribution >= 4 is 39.3 Å². The number of nitrogens with one attached hydrogen (secondary N) is 2. The minimum atomic E-state index is -0.629. The number of carbonyl (C=O) groups excluding carboxylic acids is 2. The van der Waals surface area contributed by atoms with Crippen LogP contribution in [0, 0.1) is 0 Å². The fourth-order valence-electron chi connectivity index (χ4n) is 1.09. The van der Waals surface area contributed by atoms with Gasteiger partial charge in [-0.05, 0) is 38.1 Å². The lowest BCUT2D eigenvalue weighted by atomic mass is 10.2. The van der Waals surface area contributed by atoms with Crippen molar-refractivity contribution < 1.29 is 14.3 Å². The molecule has 5 nitrogen and oxygen atoms in total. The van der Waals surface area contributed by atoms with E-state index in [2.05, 4.69) is 31.3 Å². The summed E-state index contributed by atoms with van der Waals surface area (Å²) < 4.78 is 3.84. The summed E-state index contributed by atoms with van der Waals surface area (Å²) in [5.41, 5.74) is 1.25. The molecular formula is C12H15BrN2O3. The van der Waals surface area contributed by atoms with Gasteiger partial charge in [0.2, 0.25) is 5.91 Å². The Balaban J connectivity index is 2.66. The number of hydrogen-bond donors (Lipinski definition) is 2. The molecule has 0 radical (unpaired) electrons. The highest BCUT2D eigenvalue weighted by atomic mass is 79.9. The molecule has 0 aliphatic heterocycles.